The number of fused-ring (bicyclic) bond motifs is 1. The van der Waals surface area contributed by atoms with Crippen molar-refractivity contribution >= 4 is 11.7 Å². The second-order valence-corrected chi connectivity index (χ2v) is 5.08. The summed E-state index contributed by atoms with van der Waals surface area (Å²) < 4.78 is 4.85. The second-order valence-electron chi connectivity index (χ2n) is 5.08. The molecule has 5 heteroatoms. The van der Waals surface area contributed by atoms with Crippen molar-refractivity contribution in [3.05, 3.63) is 77.7 Å². The van der Waals surface area contributed by atoms with Gasteiger partial charge < -0.3 is 4.52 Å². The van der Waals surface area contributed by atoms with Gasteiger partial charge in [-0.1, -0.05) is 54.6 Å². The Kier molecular flexibility index (Phi) is 3.16. The summed E-state index contributed by atoms with van der Waals surface area (Å²) in [6.45, 7) is 0.715. The molecule has 2 aromatic carbocycles. The lowest BCUT2D eigenvalue weighted by Gasteiger charge is -2.13. The normalized spacial score (nSPS) is 14.2. The van der Waals surface area contributed by atoms with Crippen LogP contribution in [0.25, 0.3) is 0 Å². The minimum atomic E-state index is 0.487. The van der Waals surface area contributed by atoms with E-state index < -0.39 is 0 Å². The van der Waals surface area contributed by atoms with Gasteiger partial charge in [-0.25, -0.2) is 5.01 Å². The number of hydrogen-bond acceptors (Lipinski definition) is 5. The molecule has 5 nitrogen and oxygen atoms in total. The first-order valence-electron chi connectivity index (χ1n) is 7.18. The van der Waals surface area contributed by atoms with Crippen molar-refractivity contribution < 1.29 is 4.52 Å². The van der Waals surface area contributed by atoms with E-state index in [1.54, 1.807) is 5.01 Å². The first-order chi connectivity index (χ1) is 10.9. The zero-order valence-electron chi connectivity index (χ0n) is 11.9. The van der Waals surface area contributed by atoms with E-state index in [9.17, 15) is 0 Å². The zero-order valence-corrected chi connectivity index (χ0v) is 11.9. The van der Waals surface area contributed by atoms with Gasteiger partial charge in [-0.05, 0) is 17.1 Å². The highest BCUT2D eigenvalue weighted by molar-refractivity contribution is 6.14. The first-order valence-corrected chi connectivity index (χ1v) is 7.18. The van der Waals surface area contributed by atoms with Crippen molar-refractivity contribution in [3.8, 4) is 0 Å². The molecule has 0 bridgehead atoms. The molecule has 3 aromatic rings. The van der Waals surface area contributed by atoms with Crippen LogP contribution in [0.15, 0.2) is 70.6 Å². The van der Waals surface area contributed by atoms with Gasteiger partial charge in [0.25, 0.3) is 5.95 Å². The summed E-state index contributed by atoms with van der Waals surface area (Å²) in [7, 11) is 0. The molecule has 0 N–H and O–H groups in total. The van der Waals surface area contributed by atoms with E-state index in [2.05, 4.69) is 40.5 Å². The predicted octanol–water partition coefficient (Wildman–Crippen LogP) is 2.88. The molecule has 0 radical (unpaired) electrons. The third-order valence-electron chi connectivity index (χ3n) is 3.71. The molecule has 0 atom stereocenters. The molecule has 0 unspecified atom stereocenters. The van der Waals surface area contributed by atoms with Gasteiger partial charge in [0.05, 0.1) is 5.71 Å². The lowest BCUT2D eigenvalue weighted by molar-refractivity contribution is 0.416. The average molecular weight is 290 g/mol. The maximum atomic E-state index is 4.85. The SMILES string of the molecule is c1ccc(C2=NN(c3ncon3)CCc3ccccc32)cc1. The highest BCUT2D eigenvalue weighted by Gasteiger charge is 2.20. The van der Waals surface area contributed by atoms with Gasteiger partial charge in [-0.15, -0.1) is 0 Å². The van der Waals surface area contributed by atoms with Crippen LogP contribution in [0.5, 0.6) is 0 Å². The number of rotatable bonds is 2. The van der Waals surface area contributed by atoms with Gasteiger partial charge in [-0.2, -0.15) is 10.1 Å². The van der Waals surface area contributed by atoms with Crippen molar-refractivity contribution in [2.24, 2.45) is 5.10 Å². The number of hydrazone groups is 1. The van der Waals surface area contributed by atoms with Crippen LogP contribution in [0.4, 0.5) is 5.95 Å². The number of benzene rings is 2. The largest absolute Gasteiger partial charge is 0.341 e. The summed E-state index contributed by atoms with van der Waals surface area (Å²) in [6, 6.07) is 18.5. The Bertz CT molecular complexity index is 797. The average Bonchev–Trinajstić information content (AvgIpc) is 3.04. The number of hydrogen-bond donors (Lipinski definition) is 0. The number of anilines is 1. The molecule has 0 spiro atoms. The van der Waals surface area contributed by atoms with E-state index in [4.69, 9.17) is 9.62 Å². The number of aromatic nitrogens is 2. The first kappa shape index (κ1) is 12.8. The Hall–Kier alpha value is -2.95. The van der Waals surface area contributed by atoms with Crippen LogP contribution in [0.2, 0.25) is 0 Å². The molecule has 0 saturated carbocycles. The van der Waals surface area contributed by atoms with Crippen molar-refractivity contribution in [1.29, 1.82) is 0 Å². The summed E-state index contributed by atoms with van der Waals surface area (Å²) in [5.41, 5.74) is 4.43. The minimum Gasteiger partial charge on any atom is -0.341 e. The van der Waals surface area contributed by atoms with Crippen LogP contribution < -0.4 is 5.01 Å². The van der Waals surface area contributed by atoms with Gasteiger partial charge in [0.2, 0.25) is 6.39 Å². The summed E-state index contributed by atoms with van der Waals surface area (Å²) in [5.74, 6) is 0.487. The maximum Gasteiger partial charge on any atom is 0.286 e. The van der Waals surface area contributed by atoms with E-state index in [-0.39, 0.29) is 0 Å². The minimum absolute atomic E-state index is 0.487. The van der Waals surface area contributed by atoms with Gasteiger partial charge in [0.15, 0.2) is 0 Å². The molecule has 1 aromatic heterocycles. The van der Waals surface area contributed by atoms with E-state index in [1.807, 2.05) is 24.3 Å². The molecule has 22 heavy (non-hydrogen) atoms. The van der Waals surface area contributed by atoms with Gasteiger partial charge in [-0.3, -0.25) is 0 Å². The zero-order chi connectivity index (χ0) is 14.8. The monoisotopic (exact) mass is 290 g/mol. The molecule has 2 heterocycles. The van der Waals surface area contributed by atoms with Crippen molar-refractivity contribution in [1.82, 2.24) is 10.1 Å². The third-order valence-corrected chi connectivity index (χ3v) is 3.71. The Morgan fingerprint density at radius 2 is 1.77 bits per heavy atom. The fourth-order valence-electron chi connectivity index (χ4n) is 2.65. The summed E-state index contributed by atoms with van der Waals surface area (Å²) in [5, 5.41) is 10.5. The summed E-state index contributed by atoms with van der Waals surface area (Å²) in [6.07, 6.45) is 2.20. The van der Waals surface area contributed by atoms with Gasteiger partial charge in [0, 0.05) is 17.7 Å². The summed E-state index contributed by atoms with van der Waals surface area (Å²) in [4.78, 5) is 4.11. The van der Waals surface area contributed by atoms with Gasteiger partial charge >= 0.3 is 0 Å². The number of nitrogens with zero attached hydrogens (tertiary/aromatic N) is 4. The van der Waals surface area contributed by atoms with E-state index in [0.717, 1.165) is 23.3 Å². The van der Waals surface area contributed by atoms with Crippen LogP contribution in [0, 0.1) is 0 Å². The van der Waals surface area contributed by atoms with E-state index in [1.165, 1.54) is 12.0 Å². The van der Waals surface area contributed by atoms with Crippen LogP contribution in [-0.4, -0.2) is 22.4 Å². The lowest BCUT2D eigenvalue weighted by atomic mass is 9.96. The Morgan fingerprint density at radius 3 is 2.59 bits per heavy atom. The van der Waals surface area contributed by atoms with Crippen LogP contribution in [0.3, 0.4) is 0 Å². The molecule has 0 aliphatic carbocycles. The van der Waals surface area contributed by atoms with E-state index >= 15 is 0 Å². The molecule has 0 saturated heterocycles. The maximum absolute atomic E-state index is 4.85. The van der Waals surface area contributed by atoms with Gasteiger partial charge in [0.1, 0.15) is 0 Å². The third kappa shape index (κ3) is 2.26. The van der Waals surface area contributed by atoms with Crippen molar-refractivity contribution in [3.63, 3.8) is 0 Å². The molecule has 1 aliphatic heterocycles. The fourth-order valence-corrected chi connectivity index (χ4v) is 2.65. The molecule has 0 fully saturated rings. The van der Waals surface area contributed by atoms with Crippen molar-refractivity contribution in [2.75, 3.05) is 11.6 Å². The highest BCUT2D eigenvalue weighted by Crippen LogP contribution is 2.22. The highest BCUT2D eigenvalue weighted by atomic mass is 16.5. The Labute approximate surface area is 127 Å². The van der Waals surface area contributed by atoms with E-state index in [0.29, 0.717) is 12.5 Å². The molecule has 1 aliphatic rings. The predicted molar refractivity (Wildman–Crippen MR) is 83.9 cm³/mol. The second kappa shape index (κ2) is 5.44. The Balaban J connectivity index is 1.87. The molecule has 108 valence electrons. The van der Waals surface area contributed by atoms with Crippen molar-refractivity contribution in [2.45, 2.75) is 6.42 Å². The van der Waals surface area contributed by atoms with Crippen LogP contribution in [0.1, 0.15) is 16.7 Å². The van der Waals surface area contributed by atoms with Crippen LogP contribution >= 0.6 is 0 Å². The molecule has 0 amide bonds. The molecule has 4 rings (SSSR count). The smallest absolute Gasteiger partial charge is 0.286 e. The fraction of sp³-hybridized carbons (Fsp3) is 0.118. The summed E-state index contributed by atoms with van der Waals surface area (Å²) >= 11 is 0. The lowest BCUT2D eigenvalue weighted by Crippen LogP contribution is -2.20. The quantitative estimate of drug-likeness (QED) is 0.728. The topological polar surface area (TPSA) is 54.5 Å². The molecular formula is C17H14N4O. The molecular weight excluding hydrogens is 276 g/mol. The standard InChI is InChI=1S/C17H14N4O/c1-2-7-14(8-3-1)16-15-9-5-4-6-13(15)10-11-21(19-16)17-18-12-22-20-17/h1-9,12H,10-11H2. The Morgan fingerprint density at radius 1 is 0.955 bits per heavy atom. The van der Waals surface area contributed by atoms with Crippen LogP contribution in [-0.2, 0) is 6.42 Å².